The molecule has 0 saturated carbocycles. The van der Waals surface area contributed by atoms with Crippen molar-refractivity contribution in [3.63, 3.8) is 0 Å². The maximum absolute atomic E-state index is 12.1. The summed E-state index contributed by atoms with van der Waals surface area (Å²) < 4.78 is 28.2. The number of nitrogens with one attached hydrogen (secondary N) is 3. The topological polar surface area (TPSA) is 105 Å². The van der Waals surface area contributed by atoms with Crippen molar-refractivity contribution in [2.45, 2.75) is 31.2 Å². The van der Waals surface area contributed by atoms with Gasteiger partial charge in [0.2, 0.25) is 5.91 Å². The van der Waals surface area contributed by atoms with Gasteiger partial charge in [-0.3, -0.25) is 4.79 Å². The molecule has 1 saturated heterocycles. The normalized spacial score (nSPS) is 18.0. The first-order valence-electron chi connectivity index (χ1n) is 7.85. The third-order valence-electron chi connectivity index (χ3n) is 3.99. The van der Waals surface area contributed by atoms with Gasteiger partial charge < -0.3 is 15.2 Å². The Morgan fingerprint density at radius 1 is 1.50 bits per heavy atom. The van der Waals surface area contributed by atoms with E-state index in [-0.39, 0.29) is 36.3 Å². The number of rotatable bonds is 7. The van der Waals surface area contributed by atoms with Gasteiger partial charge in [0.05, 0.1) is 0 Å². The Labute approximate surface area is 149 Å². The molecule has 1 aromatic rings. The highest BCUT2D eigenvalue weighted by Crippen LogP contribution is 2.09. The molecule has 1 fully saturated rings. The second-order valence-electron chi connectivity index (χ2n) is 5.90. The average molecular weight is 380 g/mol. The van der Waals surface area contributed by atoms with E-state index in [4.69, 9.17) is 0 Å². The van der Waals surface area contributed by atoms with Crippen LogP contribution >= 0.6 is 12.4 Å². The molecule has 8 nitrogen and oxygen atoms in total. The van der Waals surface area contributed by atoms with Crippen LogP contribution in [0.5, 0.6) is 0 Å². The number of sulfonamides is 1. The summed E-state index contributed by atoms with van der Waals surface area (Å²) in [6.07, 6.45) is 3.81. The first-order valence-corrected chi connectivity index (χ1v) is 9.34. The fourth-order valence-corrected chi connectivity index (χ4v) is 3.54. The molecule has 1 atom stereocenters. The van der Waals surface area contributed by atoms with E-state index in [1.54, 1.807) is 18.5 Å². The zero-order valence-corrected chi connectivity index (χ0v) is 15.7. The van der Waals surface area contributed by atoms with E-state index in [0.29, 0.717) is 18.3 Å². The predicted molar refractivity (Wildman–Crippen MR) is 93.6 cm³/mol. The van der Waals surface area contributed by atoms with Crippen LogP contribution < -0.4 is 15.4 Å². The van der Waals surface area contributed by atoms with Gasteiger partial charge in [-0.2, -0.15) is 0 Å². The SMILES string of the molecule is Cc1nc(S(=O)(=O)NCCC(=O)NCC2CCCNC2)cn1C.Cl. The van der Waals surface area contributed by atoms with Crippen LogP contribution in [0.3, 0.4) is 0 Å². The van der Waals surface area contributed by atoms with Crippen LogP contribution in [0.4, 0.5) is 0 Å². The second kappa shape index (κ2) is 9.36. The molecule has 138 valence electrons. The van der Waals surface area contributed by atoms with Gasteiger partial charge in [-0.05, 0) is 38.8 Å². The summed E-state index contributed by atoms with van der Waals surface area (Å²) in [5, 5.41) is 6.13. The Balaban J connectivity index is 0.00000288. The molecular weight excluding hydrogens is 354 g/mol. The monoisotopic (exact) mass is 379 g/mol. The highest BCUT2D eigenvalue weighted by Gasteiger charge is 2.19. The van der Waals surface area contributed by atoms with Gasteiger partial charge >= 0.3 is 0 Å². The van der Waals surface area contributed by atoms with Gasteiger partial charge in [-0.15, -0.1) is 12.4 Å². The summed E-state index contributed by atoms with van der Waals surface area (Å²) in [6, 6.07) is 0. The quantitative estimate of drug-likeness (QED) is 0.615. The molecule has 0 radical (unpaired) electrons. The molecule has 0 bridgehead atoms. The Hall–Kier alpha value is -1.16. The number of amides is 1. The molecule has 0 aromatic carbocycles. The zero-order valence-electron chi connectivity index (χ0n) is 14.0. The molecule has 1 aromatic heterocycles. The molecular formula is C14H26ClN5O3S. The smallest absolute Gasteiger partial charge is 0.259 e. The first-order chi connectivity index (χ1) is 10.9. The zero-order chi connectivity index (χ0) is 16.9. The van der Waals surface area contributed by atoms with E-state index in [0.717, 1.165) is 25.9 Å². The second-order valence-corrected chi connectivity index (χ2v) is 7.62. The largest absolute Gasteiger partial charge is 0.356 e. The molecule has 1 aliphatic rings. The molecule has 24 heavy (non-hydrogen) atoms. The molecule has 0 aliphatic carbocycles. The van der Waals surface area contributed by atoms with Crippen LogP contribution in [0.2, 0.25) is 0 Å². The van der Waals surface area contributed by atoms with Gasteiger partial charge in [0.25, 0.3) is 10.0 Å². The van der Waals surface area contributed by atoms with E-state index < -0.39 is 10.0 Å². The van der Waals surface area contributed by atoms with Crippen LogP contribution in [-0.4, -0.2) is 50.1 Å². The molecule has 3 N–H and O–H groups in total. The fourth-order valence-electron chi connectivity index (χ4n) is 2.47. The number of imidazole rings is 1. The first kappa shape index (κ1) is 20.9. The Kier molecular flexibility index (Phi) is 8.14. The Morgan fingerprint density at radius 2 is 2.25 bits per heavy atom. The van der Waals surface area contributed by atoms with Crippen LogP contribution in [0.1, 0.15) is 25.1 Å². The van der Waals surface area contributed by atoms with E-state index >= 15 is 0 Å². The average Bonchev–Trinajstić information content (AvgIpc) is 2.86. The van der Waals surface area contributed by atoms with Gasteiger partial charge in [-0.25, -0.2) is 18.1 Å². The number of carbonyl (C=O) groups is 1. The van der Waals surface area contributed by atoms with Crippen molar-refractivity contribution >= 4 is 28.3 Å². The highest BCUT2D eigenvalue weighted by atomic mass is 35.5. The maximum atomic E-state index is 12.1. The number of hydrogen-bond acceptors (Lipinski definition) is 5. The van der Waals surface area contributed by atoms with Crippen LogP contribution in [0, 0.1) is 12.8 Å². The van der Waals surface area contributed by atoms with Crippen molar-refractivity contribution in [1.82, 2.24) is 24.9 Å². The van der Waals surface area contributed by atoms with Crippen molar-refractivity contribution < 1.29 is 13.2 Å². The lowest BCUT2D eigenvalue weighted by Crippen LogP contribution is -2.39. The lowest BCUT2D eigenvalue weighted by atomic mass is 10.00. The van der Waals surface area contributed by atoms with Crippen molar-refractivity contribution in [1.29, 1.82) is 0 Å². The van der Waals surface area contributed by atoms with Crippen LogP contribution in [0.25, 0.3) is 0 Å². The summed E-state index contributed by atoms with van der Waals surface area (Å²) >= 11 is 0. The van der Waals surface area contributed by atoms with Gasteiger partial charge in [0, 0.05) is 32.8 Å². The highest BCUT2D eigenvalue weighted by molar-refractivity contribution is 7.89. The molecule has 2 rings (SSSR count). The van der Waals surface area contributed by atoms with Crippen molar-refractivity contribution in [3.8, 4) is 0 Å². The standard InChI is InChI=1S/C14H25N5O3S.ClH/c1-11-18-14(10-19(11)2)23(21,22)17-7-5-13(20)16-9-12-4-3-6-15-8-12;/h10,12,15,17H,3-9H2,1-2H3,(H,16,20);1H. The molecule has 2 heterocycles. The third kappa shape index (κ3) is 6.04. The van der Waals surface area contributed by atoms with Crippen molar-refractivity contribution in [2.75, 3.05) is 26.2 Å². The van der Waals surface area contributed by atoms with Crippen molar-refractivity contribution in [3.05, 3.63) is 12.0 Å². The van der Waals surface area contributed by atoms with Crippen molar-refractivity contribution in [2.24, 2.45) is 13.0 Å². The number of hydrogen-bond donors (Lipinski definition) is 3. The Morgan fingerprint density at radius 3 is 2.83 bits per heavy atom. The van der Waals surface area contributed by atoms with E-state index in [1.807, 2.05) is 0 Å². The molecule has 1 aliphatic heterocycles. The minimum absolute atomic E-state index is 0. The summed E-state index contributed by atoms with van der Waals surface area (Å²) in [4.78, 5) is 15.8. The fraction of sp³-hybridized carbons (Fsp3) is 0.714. The minimum Gasteiger partial charge on any atom is -0.356 e. The summed E-state index contributed by atoms with van der Waals surface area (Å²) in [5.74, 6) is 0.931. The summed E-state index contributed by atoms with van der Waals surface area (Å²) in [6.45, 7) is 4.39. The third-order valence-corrected chi connectivity index (χ3v) is 5.32. The number of nitrogens with zero attached hydrogens (tertiary/aromatic N) is 2. The number of aromatic nitrogens is 2. The number of piperidine rings is 1. The van der Waals surface area contributed by atoms with Crippen LogP contribution in [0.15, 0.2) is 11.2 Å². The number of carbonyl (C=O) groups excluding carboxylic acids is 1. The summed E-state index contributed by atoms with van der Waals surface area (Å²) in [5.41, 5.74) is 0. The summed E-state index contributed by atoms with van der Waals surface area (Å²) in [7, 11) is -1.93. The molecule has 10 heteroatoms. The molecule has 1 amide bonds. The minimum atomic E-state index is -3.66. The maximum Gasteiger partial charge on any atom is 0.259 e. The molecule has 1 unspecified atom stereocenters. The van der Waals surface area contributed by atoms with E-state index in [9.17, 15) is 13.2 Å². The molecule has 0 spiro atoms. The van der Waals surface area contributed by atoms with E-state index in [1.165, 1.54) is 6.20 Å². The number of aryl methyl sites for hydroxylation is 2. The van der Waals surface area contributed by atoms with Crippen LogP contribution in [-0.2, 0) is 21.9 Å². The van der Waals surface area contributed by atoms with Gasteiger partial charge in [-0.1, -0.05) is 0 Å². The van der Waals surface area contributed by atoms with E-state index in [2.05, 4.69) is 20.3 Å². The van der Waals surface area contributed by atoms with Gasteiger partial charge in [0.1, 0.15) is 5.82 Å². The Bertz CT molecular complexity index is 621. The van der Waals surface area contributed by atoms with Gasteiger partial charge in [0.15, 0.2) is 5.03 Å². The lowest BCUT2D eigenvalue weighted by Gasteiger charge is -2.22. The number of halogens is 1. The predicted octanol–water partition coefficient (Wildman–Crippen LogP) is -0.0655. The lowest BCUT2D eigenvalue weighted by molar-refractivity contribution is -0.121.